The Morgan fingerprint density at radius 3 is 2.46 bits per heavy atom. The Hall–Kier alpha value is -1.42. The average Bonchev–Trinajstić information content (AvgIpc) is 2.17. The van der Waals surface area contributed by atoms with E-state index in [2.05, 4.69) is 10.3 Å². The van der Waals surface area contributed by atoms with Crippen LogP contribution in [0.2, 0.25) is 0 Å². The lowest BCUT2D eigenvalue weighted by Crippen LogP contribution is -2.48. The van der Waals surface area contributed by atoms with E-state index in [1.165, 1.54) is 0 Å². The van der Waals surface area contributed by atoms with Gasteiger partial charge in [-0.3, -0.25) is 9.78 Å². The van der Waals surface area contributed by atoms with Crippen LogP contribution >= 0.6 is 0 Å². The molecule has 0 bridgehead atoms. The van der Waals surface area contributed by atoms with Crippen LogP contribution in [0.25, 0.3) is 0 Å². The summed E-state index contributed by atoms with van der Waals surface area (Å²) in [5.41, 5.74) is 5.29. The summed E-state index contributed by atoms with van der Waals surface area (Å²) < 4.78 is 0. The first-order valence-corrected chi connectivity index (χ1v) is 4.00. The molecule has 1 heterocycles. The molecule has 0 radical (unpaired) electrons. The van der Waals surface area contributed by atoms with Gasteiger partial charge < -0.3 is 11.1 Å². The SMILES string of the molecule is CNC(C)(C(N)=O)c1ccncc1. The zero-order valence-corrected chi connectivity index (χ0v) is 7.74. The lowest BCUT2D eigenvalue weighted by atomic mass is 9.92. The van der Waals surface area contributed by atoms with Crippen molar-refractivity contribution in [1.29, 1.82) is 0 Å². The van der Waals surface area contributed by atoms with Crippen LogP contribution in [-0.2, 0) is 10.3 Å². The second-order valence-corrected chi connectivity index (χ2v) is 2.98. The number of aromatic nitrogens is 1. The van der Waals surface area contributed by atoms with Crippen molar-refractivity contribution in [2.45, 2.75) is 12.5 Å². The molecule has 1 aromatic heterocycles. The van der Waals surface area contributed by atoms with Crippen LogP contribution in [0.15, 0.2) is 24.5 Å². The Bertz CT molecular complexity index is 299. The molecule has 70 valence electrons. The zero-order chi connectivity index (χ0) is 9.90. The van der Waals surface area contributed by atoms with Crippen LogP contribution in [-0.4, -0.2) is 17.9 Å². The van der Waals surface area contributed by atoms with Gasteiger partial charge in [0, 0.05) is 12.4 Å². The van der Waals surface area contributed by atoms with E-state index in [0.717, 1.165) is 5.56 Å². The highest BCUT2D eigenvalue weighted by molar-refractivity contribution is 5.85. The lowest BCUT2D eigenvalue weighted by molar-refractivity contribution is -0.123. The third kappa shape index (κ3) is 1.67. The van der Waals surface area contributed by atoms with Gasteiger partial charge in [0.1, 0.15) is 5.54 Å². The van der Waals surface area contributed by atoms with Gasteiger partial charge in [-0.05, 0) is 31.7 Å². The summed E-state index contributed by atoms with van der Waals surface area (Å²) in [5, 5.41) is 2.89. The molecule has 1 atom stereocenters. The molecule has 0 aliphatic rings. The van der Waals surface area contributed by atoms with Crippen LogP contribution in [0.4, 0.5) is 0 Å². The minimum Gasteiger partial charge on any atom is -0.368 e. The van der Waals surface area contributed by atoms with E-state index in [-0.39, 0.29) is 0 Å². The summed E-state index contributed by atoms with van der Waals surface area (Å²) in [4.78, 5) is 15.1. The fraction of sp³-hybridized carbons (Fsp3) is 0.333. The highest BCUT2D eigenvalue weighted by atomic mass is 16.1. The van der Waals surface area contributed by atoms with Gasteiger partial charge in [0.05, 0.1) is 0 Å². The summed E-state index contributed by atoms with van der Waals surface area (Å²) in [6.45, 7) is 1.74. The molecule has 13 heavy (non-hydrogen) atoms. The number of nitrogens with one attached hydrogen (secondary N) is 1. The second kappa shape index (κ2) is 3.53. The molecule has 1 amide bonds. The van der Waals surface area contributed by atoms with Crippen molar-refractivity contribution in [3.05, 3.63) is 30.1 Å². The summed E-state index contributed by atoms with van der Waals surface area (Å²) in [6.07, 6.45) is 3.27. The number of hydrogen-bond donors (Lipinski definition) is 2. The molecular weight excluding hydrogens is 166 g/mol. The number of primary amides is 1. The molecule has 0 saturated carbocycles. The summed E-state index contributed by atoms with van der Waals surface area (Å²) in [5.74, 6) is -0.402. The van der Waals surface area contributed by atoms with Crippen LogP contribution in [0, 0.1) is 0 Å². The Labute approximate surface area is 77.2 Å². The van der Waals surface area contributed by atoms with E-state index in [1.807, 2.05) is 0 Å². The molecule has 3 N–H and O–H groups in total. The van der Waals surface area contributed by atoms with E-state index in [4.69, 9.17) is 5.73 Å². The molecule has 0 spiro atoms. The van der Waals surface area contributed by atoms with Gasteiger partial charge in [-0.25, -0.2) is 0 Å². The van der Waals surface area contributed by atoms with Crippen molar-refractivity contribution in [2.75, 3.05) is 7.05 Å². The molecule has 0 fully saturated rings. The molecule has 0 aromatic carbocycles. The Balaban J connectivity index is 3.11. The van der Waals surface area contributed by atoms with Crippen molar-refractivity contribution in [3.8, 4) is 0 Å². The first-order chi connectivity index (χ1) is 6.11. The first-order valence-electron chi connectivity index (χ1n) is 4.00. The summed E-state index contributed by atoms with van der Waals surface area (Å²) >= 11 is 0. The highest BCUT2D eigenvalue weighted by Crippen LogP contribution is 2.18. The van der Waals surface area contributed by atoms with Gasteiger partial charge in [0.2, 0.25) is 5.91 Å². The van der Waals surface area contributed by atoms with Crippen molar-refractivity contribution in [1.82, 2.24) is 10.3 Å². The summed E-state index contributed by atoms with van der Waals surface area (Å²) in [6, 6.07) is 3.53. The lowest BCUT2D eigenvalue weighted by Gasteiger charge is -2.25. The van der Waals surface area contributed by atoms with Gasteiger partial charge >= 0.3 is 0 Å². The molecule has 0 saturated heterocycles. The molecule has 4 nitrogen and oxygen atoms in total. The molecule has 0 aliphatic carbocycles. The fourth-order valence-electron chi connectivity index (χ4n) is 1.10. The Kier molecular flexibility index (Phi) is 2.63. The van der Waals surface area contributed by atoms with E-state index in [1.54, 1.807) is 38.5 Å². The average molecular weight is 179 g/mol. The van der Waals surface area contributed by atoms with Gasteiger partial charge in [0.15, 0.2) is 0 Å². The number of amides is 1. The van der Waals surface area contributed by atoms with E-state index < -0.39 is 11.4 Å². The molecule has 4 heteroatoms. The molecule has 1 aromatic rings. The van der Waals surface area contributed by atoms with Gasteiger partial charge in [0.25, 0.3) is 0 Å². The molecule has 0 aliphatic heterocycles. The Morgan fingerprint density at radius 1 is 1.54 bits per heavy atom. The predicted molar refractivity (Wildman–Crippen MR) is 49.8 cm³/mol. The smallest absolute Gasteiger partial charge is 0.242 e. The molecule has 1 rings (SSSR count). The fourth-order valence-corrected chi connectivity index (χ4v) is 1.10. The van der Waals surface area contributed by atoms with Crippen molar-refractivity contribution >= 4 is 5.91 Å². The highest BCUT2D eigenvalue weighted by Gasteiger charge is 2.30. The van der Waals surface area contributed by atoms with E-state index in [0.29, 0.717) is 0 Å². The van der Waals surface area contributed by atoms with Gasteiger partial charge in [-0.15, -0.1) is 0 Å². The number of carbonyl (C=O) groups is 1. The van der Waals surface area contributed by atoms with Crippen LogP contribution in [0.3, 0.4) is 0 Å². The maximum Gasteiger partial charge on any atom is 0.242 e. The monoisotopic (exact) mass is 179 g/mol. The van der Waals surface area contributed by atoms with Crippen LogP contribution in [0.1, 0.15) is 12.5 Å². The van der Waals surface area contributed by atoms with Gasteiger partial charge in [-0.2, -0.15) is 0 Å². The zero-order valence-electron chi connectivity index (χ0n) is 7.74. The maximum absolute atomic E-state index is 11.2. The number of carbonyl (C=O) groups excluding carboxylic acids is 1. The number of nitrogens with two attached hydrogens (primary N) is 1. The largest absolute Gasteiger partial charge is 0.368 e. The number of rotatable bonds is 3. The van der Waals surface area contributed by atoms with E-state index in [9.17, 15) is 4.79 Å². The third-order valence-corrected chi connectivity index (χ3v) is 2.25. The number of hydrogen-bond acceptors (Lipinski definition) is 3. The normalized spacial score (nSPS) is 14.9. The first kappa shape index (κ1) is 9.67. The van der Waals surface area contributed by atoms with Crippen LogP contribution < -0.4 is 11.1 Å². The summed E-state index contributed by atoms with van der Waals surface area (Å²) in [7, 11) is 1.70. The third-order valence-electron chi connectivity index (χ3n) is 2.25. The van der Waals surface area contributed by atoms with Crippen LogP contribution in [0.5, 0.6) is 0 Å². The Morgan fingerprint density at radius 2 is 2.08 bits per heavy atom. The second-order valence-electron chi connectivity index (χ2n) is 2.98. The maximum atomic E-state index is 11.2. The quantitative estimate of drug-likeness (QED) is 0.686. The molecular formula is C9H13N3O. The minimum absolute atomic E-state index is 0.402. The predicted octanol–water partition coefficient (Wildman–Crippen LogP) is 0.00150. The number of likely N-dealkylation sites (N-methyl/N-ethyl adjacent to an activating group) is 1. The van der Waals surface area contributed by atoms with Gasteiger partial charge in [-0.1, -0.05) is 0 Å². The number of nitrogens with zero attached hydrogens (tertiary/aromatic N) is 1. The number of pyridine rings is 1. The topological polar surface area (TPSA) is 68.0 Å². The standard InChI is InChI=1S/C9H13N3O/c1-9(11-2,8(10)13)7-3-5-12-6-4-7/h3-6,11H,1-2H3,(H2,10,13). The van der Waals surface area contributed by atoms with Crippen molar-refractivity contribution < 1.29 is 4.79 Å². The molecule has 1 unspecified atom stereocenters. The minimum atomic E-state index is -0.817. The van der Waals surface area contributed by atoms with Crippen molar-refractivity contribution in [3.63, 3.8) is 0 Å². The van der Waals surface area contributed by atoms with E-state index >= 15 is 0 Å². The van der Waals surface area contributed by atoms with Crippen molar-refractivity contribution in [2.24, 2.45) is 5.73 Å².